The van der Waals surface area contributed by atoms with Gasteiger partial charge in [-0.1, -0.05) is 26.8 Å². The molecule has 5 heteroatoms. The largest absolute Gasteiger partial charge is 0.338 e. The molecule has 1 aromatic heterocycles. The molecule has 1 fully saturated rings. The van der Waals surface area contributed by atoms with E-state index in [1.54, 1.807) is 10.7 Å². The lowest BCUT2D eigenvalue weighted by atomic mass is 9.92. The average molecular weight is 367 g/mol. The van der Waals surface area contributed by atoms with Crippen LogP contribution in [0.4, 0.5) is 0 Å². The zero-order chi connectivity index (χ0) is 19.8. The van der Waals surface area contributed by atoms with Crippen LogP contribution >= 0.6 is 0 Å². The normalized spacial score (nSPS) is 15.8. The first-order valence-electron chi connectivity index (χ1n) is 9.63. The molecule has 0 bridgehead atoms. The van der Waals surface area contributed by atoms with Crippen molar-refractivity contribution in [2.24, 2.45) is 0 Å². The Kier molecular flexibility index (Phi) is 5.22. The van der Waals surface area contributed by atoms with E-state index in [4.69, 9.17) is 0 Å². The summed E-state index contributed by atoms with van der Waals surface area (Å²) in [5.74, 6) is 0.0697. The highest BCUT2D eigenvalue weighted by molar-refractivity contribution is 5.94. The van der Waals surface area contributed by atoms with E-state index in [0.717, 1.165) is 29.7 Å². The minimum absolute atomic E-state index is 0.0450. The Morgan fingerprint density at radius 2 is 1.70 bits per heavy atom. The number of hydrogen-bond donors (Lipinski definition) is 0. The van der Waals surface area contributed by atoms with Crippen LogP contribution in [0, 0.1) is 13.8 Å². The van der Waals surface area contributed by atoms with Crippen molar-refractivity contribution in [3.63, 3.8) is 0 Å². The summed E-state index contributed by atoms with van der Waals surface area (Å²) in [6.07, 6.45) is 1.49. The van der Waals surface area contributed by atoms with E-state index < -0.39 is 0 Å². The zero-order valence-electron chi connectivity index (χ0n) is 17.0. The first-order chi connectivity index (χ1) is 12.7. The minimum Gasteiger partial charge on any atom is -0.338 e. The van der Waals surface area contributed by atoms with E-state index in [2.05, 4.69) is 25.9 Å². The van der Waals surface area contributed by atoms with Gasteiger partial charge < -0.3 is 4.90 Å². The van der Waals surface area contributed by atoms with Crippen molar-refractivity contribution >= 4 is 5.91 Å². The van der Waals surface area contributed by atoms with E-state index in [1.807, 2.05) is 43.0 Å². The first-order valence-corrected chi connectivity index (χ1v) is 9.63. The smallest absolute Gasteiger partial charge is 0.267 e. The van der Waals surface area contributed by atoms with Gasteiger partial charge in [0, 0.05) is 30.1 Å². The Morgan fingerprint density at radius 3 is 2.30 bits per heavy atom. The maximum Gasteiger partial charge on any atom is 0.267 e. The van der Waals surface area contributed by atoms with Gasteiger partial charge in [0.2, 0.25) is 0 Å². The number of aryl methyl sites for hydroxylation is 2. The number of rotatable bonds is 2. The summed E-state index contributed by atoms with van der Waals surface area (Å²) >= 11 is 0. The third kappa shape index (κ3) is 4.12. The third-order valence-electron chi connectivity index (χ3n) is 5.44. The molecule has 1 amide bonds. The molecule has 0 aliphatic carbocycles. The number of carbonyl (C=O) groups is 1. The van der Waals surface area contributed by atoms with Crippen LogP contribution in [0.15, 0.2) is 35.1 Å². The first kappa shape index (κ1) is 19.3. The van der Waals surface area contributed by atoms with Gasteiger partial charge in [-0.2, -0.15) is 5.10 Å². The van der Waals surface area contributed by atoms with Gasteiger partial charge in [-0.25, -0.2) is 4.68 Å². The van der Waals surface area contributed by atoms with Crippen molar-refractivity contribution in [1.82, 2.24) is 14.7 Å². The quantitative estimate of drug-likeness (QED) is 0.814. The van der Waals surface area contributed by atoms with Gasteiger partial charge in [0.15, 0.2) is 0 Å². The number of hydrogen-bond acceptors (Lipinski definition) is 3. The molecule has 3 rings (SSSR count). The summed E-state index contributed by atoms with van der Waals surface area (Å²) < 4.78 is 1.62. The molecular weight excluding hydrogens is 338 g/mol. The van der Waals surface area contributed by atoms with Crippen LogP contribution in [0.3, 0.4) is 0 Å². The Bertz CT molecular complexity index is 901. The predicted molar refractivity (Wildman–Crippen MR) is 107 cm³/mol. The van der Waals surface area contributed by atoms with Crippen molar-refractivity contribution in [2.45, 2.75) is 58.9 Å². The number of nitrogens with zero attached hydrogens (tertiary/aromatic N) is 3. The Morgan fingerprint density at radius 1 is 1.04 bits per heavy atom. The third-order valence-corrected chi connectivity index (χ3v) is 5.44. The number of carbonyl (C=O) groups excluding carboxylic acids is 1. The molecule has 2 aromatic rings. The number of benzene rings is 1. The molecule has 1 saturated heterocycles. The monoisotopic (exact) mass is 367 g/mol. The average Bonchev–Trinajstić information content (AvgIpc) is 2.63. The lowest BCUT2D eigenvalue weighted by molar-refractivity contribution is 0.0687. The van der Waals surface area contributed by atoms with Crippen LogP contribution in [0.5, 0.6) is 0 Å². The highest BCUT2D eigenvalue weighted by Crippen LogP contribution is 2.24. The van der Waals surface area contributed by atoms with Crippen molar-refractivity contribution in [3.05, 3.63) is 63.1 Å². The molecule has 0 atom stereocenters. The van der Waals surface area contributed by atoms with Crippen molar-refractivity contribution in [2.75, 3.05) is 13.1 Å². The molecule has 1 aliphatic rings. The lowest BCUT2D eigenvalue weighted by Crippen LogP contribution is -2.41. The van der Waals surface area contributed by atoms with Gasteiger partial charge in [-0.05, 0) is 56.0 Å². The fraction of sp³-hybridized carbons (Fsp3) is 0.500. The summed E-state index contributed by atoms with van der Waals surface area (Å²) in [4.78, 5) is 27.0. The second-order valence-electron chi connectivity index (χ2n) is 8.57. The molecule has 0 spiro atoms. The van der Waals surface area contributed by atoms with E-state index in [0.29, 0.717) is 13.1 Å². The molecule has 27 heavy (non-hydrogen) atoms. The lowest BCUT2D eigenvalue weighted by Gasteiger charge is -2.33. The van der Waals surface area contributed by atoms with Gasteiger partial charge in [0.05, 0.1) is 11.7 Å². The van der Waals surface area contributed by atoms with Crippen LogP contribution in [0.1, 0.15) is 66.8 Å². The van der Waals surface area contributed by atoms with Gasteiger partial charge >= 0.3 is 0 Å². The molecule has 5 nitrogen and oxygen atoms in total. The number of aromatic nitrogens is 2. The molecule has 1 aromatic carbocycles. The van der Waals surface area contributed by atoms with Crippen molar-refractivity contribution < 1.29 is 4.79 Å². The Balaban J connectivity index is 1.73. The van der Waals surface area contributed by atoms with E-state index in [9.17, 15) is 9.59 Å². The predicted octanol–water partition coefficient (Wildman–Crippen LogP) is 3.63. The van der Waals surface area contributed by atoms with Gasteiger partial charge in [0.25, 0.3) is 11.5 Å². The number of amides is 1. The molecule has 0 N–H and O–H groups in total. The summed E-state index contributed by atoms with van der Waals surface area (Å²) in [7, 11) is 0. The topological polar surface area (TPSA) is 55.2 Å². The molecule has 0 unspecified atom stereocenters. The minimum atomic E-state index is -0.102. The Hall–Kier alpha value is -2.43. The maximum atomic E-state index is 12.8. The Labute approximate surface area is 161 Å². The van der Waals surface area contributed by atoms with Crippen molar-refractivity contribution in [3.8, 4) is 0 Å². The van der Waals surface area contributed by atoms with Crippen molar-refractivity contribution in [1.29, 1.82) is 0 Å². The van der Waals surface area contributed by atoms with E-state index >= 15 is 0 Å². The fourth-order valence-corrected chi connectivity index (χ4v) is 3.46. The molecule has 144 valence electrons. The second-order valence-corrected chi connectivity index (χ2v) is 8.57. The summed E-state index contributed by atoms with van der Waals surface area (Å²) in [6, 6.07) is 9.33. The van der Waals surface area contributed by atoms with Gasteiger partial charge in [-0.3, -0.25) is 9.59 Å². The summed E-state index contributed by atoms with van der Waals surface area (Å²) in [6.45, 7) is 11.6. The zero-order valence-corrected chi connectivity index (χ0v) is 17.0. The number of piperidine rings is 1. The van der Waals surface area contributed by atoms with E-state index in [-0.39, 0.29) is 22.9 Å². The number of likely N-dealkylation sites (tertiary alicyclic amines) is 1. The molecule has 0 saturated carbocycles. The van der Waals surface area contributed by atoms with Gasteiger partial charge in [-0.15, -0.1) is 0 Å². The van der Waals surface area contributed by atoms with Gasteiger partial charge in [0.1, 0.15) is 0 Å². The van der Waals surface area contributed by atoms with Crippen LogP contribution in [-0.4, -0.2) is 33.7 Å². The highest BCUT2D eigenvalue weighted by atomic mass is 16.2. The fourth-order valence-electron chi connectivity index (χ4n) is 3.46. The molecule has 2 heterocycles. The van der Waals surface area contributed by atoms with Crippen LogP contribution < -0.4 is 5.56 Å². The summed E-state index contributed by atoms with van der Waals surface area (Å²) in [5.41, 5.74) is 3.80. The van der Waals surface area contributed by atoms with Crippen LogP contribution in [0.2, 0.25) is 0 Å². The van der Waals surface area contributed by atoms with Crippen LogP contribution in [0.25, 0.3) is 0 Å². The molecule has 0 radical (unpaired) electrons. The van der Waals surface area contributed by atoms with E-state index in [1.165, 1.54) is 5.56 Å². The standard InChI is InChI=1S/C22H29N3O2/c1-15-6-7-17(14-16(15)2)21(27)24-12-10-18(11-13-24)25-20(26)9-8-19(23-25)22(3,4)5/h6-9,14,18H,10-13H2,1-5H3. The summed E-state index contributed by atoms with van der Waals surface area (Å²) in [5, 5.41) is 4.62. The maximum absolute atomic E-state index is 12.8. The SMILES string of the molecule is Cc1ccc(C(=O)N2CCC(n3nc(C(C)(C)C)ccc3=O)CC2)cc1C. The second kappa shape index (κ2) is 7.29. The highest BCUT2D eigenvalue weighted by Gasteiger charge is 2.27. The van der Waals surface area contributed by atoms with Crippen LogP contribution in [-0.2, 0) is 5.41 Å². The molecular formula is C22H29N3O2. The molecule has 1 aliphatic heterocycles.